The Morgan fingerprint density at radius 3 is 2.10 bits per heavy atom. The molecule has 0 aliphatic rings. The standard InChI is InChI=1S/C13H14F3NO2S/c1-9-4-6-10(7-5-9)11(17-20(2,3)19)8-12(18)13(14,15)16/h4-8H,1-3H3/b11-8+. The number of carbonyl (C=O) groups excluding carboxylic acids is 1. The predicted molar refractivity (Wildman–Crippen MR) is 72.6 cm³/mol. The van der Waals surface area contributed by atoms with E-state index >= 15 is 0 Å². The number of alkyl halides is 3. The largest absolute Gasteiger partial charge is 0.454 e. The predicted octanol–water partition coefficient (Wildman–Crippen LogP) is 3.19. The molecule has 1 rings (SSSR count). The maximum Gasteiger partial charge on any atom is 0.454 e. The highest BCUT2D eigenvalue weighted by Crippen LogP contribution is 2.23. The Labute approximate surface area is 115 Å². The summed E-state index contributed by atoms with van der Waals surface area (Å²) in [5.74, 6) is -2.03. The minimum absolute atomic E-state index is 0.234. The SMILES string of the molecule is Cc1ccc(/C(=C\C(=O)C(F)(F)F)N=S(C)(C)=O)cc1. The van der Waals surface area contributed by atoms with Crippen molar-refractivity contribution in [1.29, 1.82) is 0 Å². The highest BCUT2D eigenvalue weighted by atomic mass is 32.2. The zero-order valence-electron chi connectivity index (χ0n) is 11.2. The number of halogens is 3. The normalized spacial score (nSPS) is 13.2. The van der Waals surface area contributed by atoms with Gasteiger partial charge in [0.15, 0.2) is 0 Å². The molecule has 0 N–H and O–H groups in total. The minimum atomic E-state index is -4.98. The number of carbonyl (C=O) groups is 1. The van der Waals surface area contributed by atoms with Crippen LogP contribution in [0.4, 0.5) is 13.2 Å². The summed E-state index contributed by atoms with van der Waals surface area (Å²) in [7, 11) is -2.69. The lowest BCUT2D eigenvalue weighted by molar-refractivity contribution is -0.165. The molecule has 1 aromatic carbocycles. The van der Waals surface area contributed by atoms with E-state index in [9.17, 15) is 22.2 Å². The van der Waals surface area contributed by atoms with Gasteiger partial charge < -0.3 is 0 Å². The van der Waals surface area contributed by atoms with Crippen molar-refractivity contribution in [3.8, 4) is 0 Å². The van der Waals surface area contributed by atoms with E-state index in [0.29, 0.717) is 11.6 Å². The lowest BCUT2D eigenvalue weighted by Gasteiger charge is -2.06. The summed E-state index contributed by atoms with van der Waals surface area (Å²) in [5.41, 5.74) is 0.982. The first-order valence-corrected chi connectivity index (χ1v) is 7.89. The Balaban J connectivity index is 3.38. The molecule has 0 aliphatic heterocycles. The second-order valence-electron chi connectivity index (χ2n) is 4.53. The Bertz CT molecular complexity index is 643. The fourth-order valence-electron chi connectivity index (χ4n) is 1.33. The molecule has 20 heavy (non-hydrogen) atoms. The highest BCUT2D eigenvalue weighted by Gasteiger charge is 2.37. The molecule has 0 saturated heterocycles. The average Bonchev–Trinajstić information content (AvgIpc) is 2.25. The zero-order valence-corrected chi connectivity index (χ0v) is 12.0. The van der Waals surface area contributed by atoms with E-state index in [4.69, 9.17) is 0 Å². The molecular formula is C13H14F3NO2S. The van der Waals surface area contributed by atoms with Crippen LogP contribution >= 0.6 is 0 Å². The summed E-state index contributed by atoms with van der Waals surface area (Å²) in [6.07, 6.45) is -2.04. The van der Waals surface area contributed by atoms with Gasteiger partial charge in [-0.1, -0.05) is 29.8 Å². The summed E-state index contributed by atoms with van der Waals surface area (Å²) in [5, 5.41) is 0. The minimum Gasteiger partial charge on any atom is -0.285 e. The van der Waals surface area contributed by atoms with Gasteiger partial charge in [-0.3, -0.25) is 4.79 Å². The van der Waals surface area contributed by atoms with Gasteiger partial charge in [-0.2, -0.15) is 17.5 Å². The van der Waals surface area contributed by atoms with Gasteiger partial charge >= 0.3 is 6.18 Å². The molecule has 1 aromatic rings. The van der Waals surface area contributed by atoms with Crippen LogP contribution in [-0.2, 0) is 14.5 Å². The van der Waals surface area contributed by atoms with Crippen LogP contribution in [0.3, 0.4) is 0 Å². The second kappa shape index (κ2) is 5.78. The van der Waals surface area contributed by atoms with E-state index in [0.717, 1.165) is 5.56 Å². The van der Waals surface area contributed by atoms with Crippen LogP contribution in [0.1, 0.15) is 11.1 Å². The van der Waals surface area contributed by atoms with Crippen molar-refractivity contribution in [2.24, 2.45) is 4.36 Å². The Morgan fingerprint density at radius 1 is 1.20 bits per heavy atom. The second-order valence-corrected chi connectivity index (χ2v) is 7.08. The number of allylic oxidation sites excluding steroid dienone is 1. The van der Waals surface area contributed by atoms with Crippen LogP contribution in [0.25, 0.3) is 5.70 Å². The number of hydrogen-bond donors (Lipinski definition) is 0. The van der Waals surface area contributed by atoms with Crippen molar-refractivity contribution in [3.05, 3.63) is 41.5 Å². The summed E-state index contributed by atoms with van der Waals surface area (Å²) < 4.78 is 52.3. The van der Waals surface area contributed by atoms with E-state index in [1.807, 2.05) is 6.92 Å². The summed E-state index contributed by atoms with van der Waals surface area (Å²) in [4.78, 5) is 11.0. The lowest BCUT2D eigenvalue weighted by Crippen LogP contribution is -2.20. The first-order chi connectivity index (χ1) is 8.99. The number of hydrogen-bond acceptors (Lipinski definition) is 3. The van der Waals surface area contributed by atoms with Gasteiger partial charge in [0.05, 0.1) is 5.70 Å². The molecule has 3 nitrogen and oxygen atoms in total. The smallest absolute Gasteiger partial charge is 0.285 e. The first-order valence-electron chi connectivity index (χ1n) is 5.56. The topological polar surface area (TPSA) is 46.5 Å². The summed E-state index contributed by atoms with van der Waals surface area (Å²) >= 11 is 0. The summed E-state index contributed by atoms with van der Waals surface area (Å²) in [6, 6.07) is 6.40. The Morgan fingerprint density at radius 2 is 1.70 bits per heavy atom. The molecule has 110 valence electrons. The molecule has 0 unspecified atom stereocenters. The van der Waals surface area contributed by atoms with E-state index in [2.05, 4.69) is 4.36 Å². The number of ketones is 1. The van der Waals surface area contributed by atoms with Gasteiger partial charge in [-0.25, -0.2) is 4.21 Å². The van der Waals surface area contributed by atoms with Crippen molar-refractivity contribution >= 4 is 21.2 Å². The molecule has 0 fully saturated rings. The molecule has 0 heterocycles. The third-order valence-corrected chi connectivity index (χ3v) is 2.85. The average molecular weight is 305 g/mol. The molecular weight excluding hydrogens is 291 g/mol. The van der Waals surface area contributed by atoms with Crippen LogP contribution in [0.2, 0.25) is 0 Å². The van der Waals surface area contributed by atoms with Crippen molar-refractivity contribution in [2.75, 3.05) is 12.5 Å². The quantitative estimate of drug-likeness (QED) is 0.805. The van der Waals surface area contributed by atoms with E-state index < -0.39 is 21.7 Å². The number of rotatable bonds is 3. The molecule has 0 amide bonds. The third kappa shape index (κ3) is 5.16. The van der Waals surface area contributed by atoms with Gasteiger partial charge in [0, 0.05) is 33.9 Å². The van der Waals surface area contributed by atoms with Crippen molar-refractivity contribution in [2.45, 2.75) is 13.1 Å². The highest BCUT2D eigenvalue weighted by molar-refractivity contribution is 7.92. The van der Waals surface area contributed by atoms with Gasteiger partial charge in [0.2, 0.25) is 0 Å². The fraction of sp³-hybridized carbons (Fsp3) is 0.308. The van der Waals surface area contributed by atoms with Crippen LogP contribution in [0.15, 0.2) is 34.7 Å². The maximum atomic E-state index is 12.3. The molecule has 0 saturated carbocycles. The zero-order chi connectivity index (χ0) is 15.6. The fourth-order valence-corrected chi connectivity index (χ4v) is 1.96. The molecule has 7 heteroatoms. The molecule has 0 atom stereocenters. The van der Waals surface area contributed by atoms with E-state index in [1.54, 1.807) is 12.1 Å². The molecule has 0 bridgehead atoms. The number of benzene rings is 1. The lowest BCUT2D eigenvalue weighted by atomic mass is 10.1. The van der Waals surface area contributed by atoms with Crippen LogP contribution < -0.4 is 0 Å². The van der Waals surface area contributed by atoms with E-state index in [-0.39, 0.29) is 5.70 Å². The van der Waals surface area contributed by atoms with Crippen molar-refractivity contribution in [3.63, 3.8) is 0 Å². The number of aryl methyl sites for hydroxylation is 1. The molecule has 0 aliphatic carbocycles. The Hall–Kier alpha value is -1.63. The molecule has 0 radical (unpaired) electrons. The number of nitrogens with zero attached hydrogens (tertiary/aromatic N) is 1. The summed E-state index contributed by atoms with van der Waals surface area (Å²) in [6.45, 7) is 1.81. The molecule has 0 spiro atoms. The van der Waals surface area contributed by atoms with Crippen molar-refractivity contribution in [1.82, 2.24) is 0 Å². The maximum absolute atomic E-state index is 12.3. The van der Waals surface area contributed by atoms with Gasteiger partial charge in [0.25, 0.3) is 5.78 Å². The Kier molecular flexibility index (Phi) is 4.75. The first kappa shape index (κ1) is 16.4. The van der Waals surface area contributed by atoms with Crippen LogP contribution in [-0.4, -0.2) is 28.7 Å². The van der Waals surface area contributed by atoms with Crippen LogP contribution in [0, 0.1) is 6.92 Å². The van der Waals surface area contributed by atoms with Gasteiger partial charge in [-0.05, 0) is 6.92 Å². The van der Waals surface area contributed by atoms with Gasteiger partial charge in [-0.15, -0.1) is 0 Å². The third-order valence-electron chi connectivity index (χ3n) is 2.21. The monoisotopic (exact) mass is 305 g/mol. The molecule has 0 aromatic heterocycles. The van der Waals surface area contributed by atoms with Crippen molar-refractivity contribution < 1.29 is 22.2 Å². The van der Waals surface area contributed by atoms with Crippen LogP contribution in [0.5, 0.6) is 0 Å². The van der Waals surface area contributed by atoms with Gasteiger partial charge in [0.1, 0.15) is 0 Å². The van der Waals surface area contributed by atoms with E-state index in [1.165, 1.54) is 24.6 Å².